The molecule has 0 aromatic carbocycles. The van der Waals surface area contributed by atoms with Gasteiger partial charge in [-0.2, -0.15) is 0 Å². The first-order valence-corrected chi connectivity index (χ1v) is 8.75. The van der Waals surface area contributed by atoms with Gasteiger partial charge in [0.2, 0.25) is 0 Å². The summed E-state index contributed by atoms with van der Waals surface area (Å²) in [6.45, 7) is 12.7. The first kappa shape index (κ1) is 14.2. The van der Waals surface area contributed by atoms with E-state index >= 15 is 4.11 Å². The third kappa shape index (κ3) is 2.37. The van der Waals surface area contributed by atoms with Gasteiger partial charge in [-0.15, -0.1) is 0 Å². The van der Waals surface area contributed by atoms with E-state index in [4.69, 9.17) is 0 Å². The summed E-state index contributed by atoms with van der Waals surface area (Å²) in [5.41, 5.74) is 0.390. The molecule has 0 N–H and O–H groups in total. The minimum atomic E-state index is -2.75. The maximum absolute atomic E-state index is 15.8. The predicted octanol–water partition coefficient (Wildman–Crippen LogP) is 5.84. The highest BCUT2D eigenvalue weighted by Gasteiger charge is 2.59. The van der Waals surface area contributed by atoms with Crippen molar-refractivity contribution < 1.29 is 4.11 Å². The molecular formula is C14H29FSi. The lowest BCUT2D eigenvalue weighted by Gasteiger charge is -2.50. The third-order valence-electron chi connectivity index (χ3n) is 4.35. The molecule has 0 unspecified atom stereocenters. The van der Waals surface area contributed by atoms with Gasteiger partial charge in [-0.3, -0.25) is 0 Å². The second-order valence-corrected chi connectivity index (χ2v) is 12.8. The van der Waals surface area contributed by atoms with E-state index in [0.717, 1.165) is 12.8 Å². The molecule has 0 spiro atoms. The number of hydrogen-bond donors (Lipinski definition) is 0. The van der Waals surface area contributed by atoms with Crippen LogP contribution in [0.15, 0.2) is 0 Å². The van der Waals surface area contributed by atoms with Gasteiger partial charge in [0.15, 0.2) is 0 Å². The van der Waals surface area contributed by atoms with Crippen LogP contribution >= 0.6 is 0 Å². The quantitative estimate of drug-likeness (QED) is 0.402. The molecule has 1 rings (SSSR count). The second kappa shape index (κ2) is 4.43. The summed E-state index contributed by atoms with van der Waals surface area (Å²) in [5.74, 6) is 0. The molecule has 96 valence electrons. The fourth-order valence-electron chi connectivity index (χ4n) is 3.85. The Morgan fingerprint density at radius 2 is 1.19 bits per heavy atom. The van der Waals surface area contributed by atoms with Gasteiger partial charge in [0, 0.05) is 0 Å². The van der Waals surface area contributed by atoms with Crippen molar-refractivity contribution in [2.24, 2.45) is 0 Å². The third-order valence-corrected chi connectivity index (χ3v) is 10.4. The summed E-state index contributed by atoms with van der Waals surface area (Å²) in [4.78, 5) is 0. The van der Waals surface area contributed by atoms with E-state index < -0.39 is 8.41 Å². The molecular weight excluding hydrogens is 215 g/mol. The predicted molar refractivity (Wildman–Crippen MR) is 73.1 cm³/mol. The maximum atomic E-state index is 15.8. The molecule has 0 atom stereocenters. The van der Waals surface area contributed by atoms with Crippen LogP contribution in [0.4, 0.5) is 4.11 Å². The molecule has 0 radical (unpaired) electrons. The van der Waals surface area contributed by atoms with Crippen LogP contribution in [0.3, 0.4) is 0 Å². The molecule has 0 nitrogen and oxygen atoms in total. The summed E-state index contributed by atoms with van der Waals surface area (Å²) in [6.07, 6.45) is 6.08. The lowest BCUT2D eigenvalue weighted by Crippen LogP contribution is -2.52. The van der Waals surface area contributed by atoms with Crippen molar-refractivity contribution in [1.82, 2.24) is 0 Å². The summed E-state index contributed by atoms with van der Waals surface area (Å²) >= 11 is 0. The molecule has 0 heterocycles. The van der Waals surface area contributed by atoms with Crippen LogP contribution in [0.2, 0.25) is 15.6 Å². The van der Waals surface area contributed by atoms with Crippen molar-refractivity contribution in [1.29, 1.82) is 0 Å². The Bertz CT molecular complexity index is 214. The Labute approximate surface area is 102 Å². The van der Waals surface area contributed by atoms with E-state index in [2.05, 4.69) is 41.5 Å². The minimum Gasteiger partial charge on any atom is -0.312 e. The highest BCUT2D eigenvalue weighted by molar-refractivity contribution is 6.80. The SMILES string of the molecule is CC(C)(C)[Si](F)(C1CCCCC1)C(C)(C)C. The first-order chi connectivity index (χ1) is 7.11. The molecule has 0 amide bonds. The molecule has 1 aliphatic carbocycles. The highest BCUT2D eigenvalue weighted by atomic mass is 28.4. The van der Waals surface area contributed by atoms with Crippen molar-refractivity contribution in [3.63, 3.8) is 0 Å². The largest absolute Gasteiger partial charge is 0.312 e. The van der Waals surface area contributed by atoms with Crippen LogP contribution in [0, 0.1) is 0 Å². The number of hydrogen-bond acceptors (Lipinski definition) is 0. The van der Waals surface area contributed by atoms with E-state index in [0.29, 0.717) is 5.54 Å². The van der Waals surface area contributed by atoms with E-state index in [9.17, 15) is 0 Å². The zero-order chi connectivity index (χ0) is 12.6. The number of halogens is 1. The highest BCUT2D eigenvalue weighted by Crippen LogP contribution is 2.60. The summed E-state index contributed by atoms with van der Waals surface area (Å²) < 4.78 is 15.8. The zero-order valence-corrected chi connectivity index (χ0v) is 13.0. The van der Waals surface area contributed by atoms with Gasteiger partial charge >= 0.3 is 0 Å². The normalized spacial score (nSPS) is 21.2. The first-order valence-electron chi connectivity index (χ1n) is 6.79. The van der Waals surface area contributed by atoms with E-state index in [1.54, 1.807) is 0 Å². The molecule has 1 saturated carbocycles. The van der Waals surface area contributed by atoms with Crippen LogP contribution in [-0.4, -0.2) is 8.41 Å². The maximum Gasteiger partial charge on any atom is 0.260 e. The summed E-state index contributed by atoms with van der Waals surface area (Å²) in [5, 5.41) is -0.263. The molecule has 2 heteroatoms. The minimum absolute atomic E-state index is 0.132. The van der Waals surface area contributed by atoms with Crippen LogP contribution < -0.4 is 0 Å². The van der Waals surface area contributed by atoms with Crippen molar-refractivity contribution >= 4 is 8.41 Å². The Kier molecular flexibility index (Phi) is 3.94. The summed E-state index contributed by atoms with van der Waals surface area (Å²) in [6, 6.07) is 0. The number of rotatable bonds is 1. The van der Waals surface area contributed by atoms with E-state index in [1.165, 1.54) is 19.3 Å². The van der Waals surface area contributed by atoms with Crippen LogP contribution in [-0.2, 0) is 0 Å². The van der Waals surface area contributed by atoms with Gasteiger partial charge in [0.05, 0.1) is 0 Å². The van der Waals surface area contributed by atoms with Gasteiger partial charge in [-0.25, -0.2) is 0 Å². The average Bonchev–Trinajstić information content (AvgIpc) is 2.14. The molecule has 0 aliphatic heterocycles. The zero-order valence-electron chi connectivity index (χ0n) is 12.0. The molecule has 16 heavy (non-hydrogen) atoms. The van der Waals surface area contributed by atoms with Gasteiger partial charge in [-0.05, 0) is 15.6 Å². The molecule has 1 fully saturated rings. The molecule has 0 bridgehead atoms. The Hall–Kier alpha value is 0.147. The molecule has 0 saturated heterocycles. The van der Waals surface area contributed by atoms with Gasteiger partial charge in [0.1, 0.15) is 0 Å². The fourth-order valence-corrected chi connectivity index (χ4v) is 9.75. The smallest absolute Gasteiger partial charge is 0.260 e. The van der Waals surface area contributed by atoms with Crippen LogP contribution in [0.25, 0.3) is 0 Å². The van der Waals surface area contributed by atoms with Crippen LogP contribution in [0.1, 0.15) is 73.6 Å². The van der Waals surface area contributed by atoms with Crippen LogP contribution in [0.5, 0.6) is 0 Å². The fraction of sp³-hybridized carbons (Fsp3) is 1.00. The van der Waals surface area contributed by atoms with Gasteiger partial charge in [-0.1, -0.05) is 73.6 Å². The standard InChI is InChI=1S/C14H29FSi/c1-13(2,3)16(15,14(4,5)6)12-10-8-7-9-11-12/h12H,7-11H2,1-6H3. The monoisotopic (exact) mass is 244 g/mol. The summed E-state index contributed by atoms with van der Waals surface area (Å²) in [7, 11) is -2.75. The lowest BCUT2D eigenvalue weighted by atomic mass is 10.00. The molecule has 1 aliphatic rings. The van der Waals surface area contributed by atoms with E-state index in [1.807, 2.05) is 0 Å². The lowest BCUT2D eigenvalue weighted by molar-refractivity contribution is 0.410. The van der Waals surface area contributed by atoms with Gasteiger partial charge < -0.3 is 4.11 Å². The second-order valence-electron chi connectivity index (χ2n) is 7.55. The van der Waals surface area contributed by atoms with Crippen molar-refractivity contribution in [2.75, 3.05) is 0 Å². The topological polar surface area (TPSA) is 0 Å². The van der Waals surface area contributed by atoms with Gasteiger partial charge in [0.25, 0.3) is 8.41 Å². The van der Waals surface area contributed by atoms with E-state index in [-0.39, 0.29) is 10.1 Å². The van der Waals surface area contributed by atoms with Crippen molar-refractivity contribution in [2.45, 2.75) is 89.3 Å². The Morgan fingerprint density at radius 1 is 0.812 bits per heavy atom. The Morgan fingerprint density at radius 3 is 1.50 bits per heavy atom. The molecule has 0 aromatic rings. The van der Waals surface area contributed by atoms with Crippen molar-refractivity contribution in [3.8, 4) is 0 Å². The van der Waals surface area contributed by atoms with Crippen molar-refractivity contribution in [3.05, 3.63) is 0 Å². The Balaban J connectivity index is 3.04. The molecule has 0 aromatic heterocycles. The average molecular weight is 244 g/mol.